The van der Waals surface area contributed by atoms with Crippen LogP contribution in [0.1, 0.15) is 29.5 Å². The number of hydrogen-bond acceptors (Lipinski definition) is 26. The van der Waals surface area contributed by atoms with Gasteiger partial charge in [0.15, 0.2) is 25.2 Å². The Morgan fingerprint density at radius 1 is 0.420 bits per heavy atom. The quantitative estimate of drug-likeness (QED) is 0.0507. The van der Waals surface area contributed by atoms with Crippen LogP contribution in [0.25, 0.3) is 12.2 Å². The van der Waals surface area contributed by atoms with Gasteiger partial charge in [0, 0.05) is 0 Å². The molecule has 23 atom stereocenters. The molecule has 5 aliphatic heterocycles. The van der Waals surface area contributed by atoms with Gasteiger partial charge in [-0.05, 0) is 48.1 Å². The molecule has 5 aliphatic rings. The SMILES string of the molecule is OC[C@@H]1O[C@@H](OC[C@H]2O[C@@H](CC/C=C/c3ccccc3)[C@H](O)[C@@H](O)[C@@H]2O)[C@H](O)[C@H]1O.OC[C@H]1O[C@@H](OCCc2ccc(O)cc2)[C@H](O)[C@@H](O)[C@@H]1O.O[C@@H]1[C@@H](O)[C@H](OC/C=C/c2ccccc2)O[C@H](CO[C@@H]2OC[C@H](O)[C@H](O)[C@H]2O)[C@H]1O. The third-order valence-corrected chi connectivity index (χ3v) is 13.9. The number of aromatic hydroxyl groups is 1. The van der Waals surface area contributed by atoms with Gasteiger partial charge in [0.2, 0.25) is 0 Å². The lowest BCUT2D eigenvalue weighted by molar-refractivity contribution is -0.319. The Morgan fingerprint density at radius 3 is 1.42 bits per heavy atom. The molecule has 5 fully saturated rings. The van der Waals surface area contributed by atoms with Crippen LogP contribution >= 0.6 is 0 Å². The fourth-order valence-electron chi connectivity index (χ4n) is 9.01. The van der Waals surface area contributed by atoms with Gasteiger partial charge in [0.25, 0.3) is 0 Å². The maximum Gasteiger partial charge on any atom is 0.187 e. The molecule has 0 saturated carbocycles. The Kier molecular flexibility index (Phi) is 26.8. The highest BCUT2D eigenvalue weighted by Gasteiger charge is 2.48. The van der Waals surface area contributed by atoms with E-state index >= 15 is 0 Å². The van der Waals surface area contributed by atoms with Crippen LogP contribution in [0.15, 0.2) is 97.1 Å². The number of benzene rings is 3. The largest absolute Gasteiger partial charge is 0.508 e. The van der Waals surface area contributed by atoms with Gasteiger partial charge in [-0.1, -0.05) is 97.1 Å². The second-order valence-corrected chi connectivity index (χ2v) is 19.8. The van der Waals surface area contributed by atoms with Crippen molar-refractivity contribution in [2.75, 3.05) is 46.2 Å². The molecule has 0 radical (unpaired) electrons. The van der Waals surface area contributed by atoms with E-state index in [4.69, 9.17) is 52.8 Å². The van der Waals surface area contributed by atoms with E-state index in [1.807, 2.05) is 78.9 Å². The third-order valence-electron chi connectivity index (χ3n) is 13.9. The summed E-state index contributed by atoms with van der Waals surface area (Å²) in [6.07, 6.45) is -20.2. The minimum Gasteiger partial charge on any atom is -0.508 e. The van der Waals surface area contributed by atoms with Crippen molar-refractivity contribution in [3.63, 3.8) is 0 Å². The standard InChI is InChI=1S/C21H30O9.C20H28O10.C14H20O7/c22-10-14-17(24)20(27)21(30-14)28-11-15-18(25)19(26)16(23)13(29-15)9-5-4-8-12-6-2-1-3-7-12;21-12-9-28-19(17(25)14(12)22)29-10-13-15(23)16(24)18(26)20(30-13)27-8-4-7-11-5-2-1-3-6-11;15-7-10-11(17)12(18)13(19)14(21-10)20-6-5-8-1-3-9(16)4-2-8/h1-4,6-8,13-27H,5,9-11H2;1-7,12-26H,8-10H2;1-4,10-19H,5-7H2/b8-4+;7-4+;/t13-,14-,15+,16-,17-,18+,19+,20+,21+;12-,13+,14-,15+,16-,17+,18+,19-,20+;10-,11-,12+,13-,14-/m001/s1. The summed E-state index contributed by atoms with van der Waals surface area (Å²) < 4.78 is 48.4. The maximum absolute atomic E-state index is 10.2. The molecule has 0 spiro atoms. The molecule has 5 saturated heterocycles. The molecular weight excluding hydrogens is 1080 g/mol. The van der Waals surface area contributed by atoms with Crippen molar-refractivity contribution >= 4 is 12.2 Å². The van der Waals surface area contributed by atoms with Crippen LogP contribution in [0.2, 0.25) is 0 Å². The minimum absolute atomic E-state index is 0.0849. The molecule has 3 aromatic carbocycles. The summed E-state index contributed by atoms with van der Waals surface area (Å²) in [6, 6.07) is 25.8. The summed E-state index contributed by atoms with van der Waals surface area (Å²) in [5, 5.41) is 166. The van der Waals surface area contributed by atoms with Gasteiger partial charge in [-0.25, -0.2) is 0 Å². The molecule has 3 aromatic rings. The summed E-state index contributed by atoms with van der Waals surface area (Å²) in [7, 11) is 0. The zero-order valence-electron chi connectivity index (χ0n) is 44.0. The number of aliphatic hydroxyl groups is 16. The Morgan fingerprint density at radius 2 is 0.852 bits per heavy atom. The number of allylic oxidation sites excluding steroid dienone is 1. The molecule has 81 heavy (non-hydrogen) atoms. The first-order valence-corrected chi connectivity index (χ1v) is 26.5. The Labute approximate surface area is 466 Å². The molecule has 0 amide bonds. The highest BCUT2D eigenvalue weighted by molar-refractivity contribution is 5.49. The van der Waals surface area contributed by atoms with Crippen LogP contribution in [0.5, 0.6) is 5.75 Å². The van der Waals surface area contributed by atoms with Crippen LogP contribution in [0.3, 0.4) is 0 Å². The number of phenols is 1. The Bertz CT molecular complexity index is 2180. The van der Waals surface area contributed by atoms with Crippen molar-refractivity contribution in [2.45, 2.75) is 160 Å². The fourth-order valence-corrected chi connectivity index (χ4v) is 9.01. The smallest absolute Gasteiger partial charge is 0.187 e. The molecule has 0 aliphatic carbocycles. The van der Waals surface area contributed by atoms with Gasteiger partial charge < -0.3 is 129 Å². The first-order valence-electron chi connectivity index (χ1n) is 26.5. The second kappa shape index (κ2) is 32.9. The van der Waals surface area contributed by atoms with E-state index in [0.717, 1.165) is 16.7 Å². The zero-order valence-corrected chi connectivity index (χ0v) is 44.0. The van der Waals surface area contributed by atoms with E-state index in [2.05, 4.69) is 0 Å². The Balaban J connectivity index is 0.000000199. The molecular formula is C55H78O26. The number of hydrogen-bond donors (Lipinski definition) is 17. The van der Waals surface area contributed by atoms with Crippen molar-refractivity contribution in [2.24, 2.45) is 0 Å². The third kappa shape index (κ3) is 18.7. The zero-order chi connectivity index (χ0) is 58.8. The lowest BCUT2D eigenvalue weighted by Crippen LogP contribution is -2.60. The summed E-state index contributed by atoms with van der Waals surface area (Å²) in [6.45, 7) is -1.47. The van der Waals surface area contributed by atoms with Gasteiger partial charge in [-0.2, -0.15) is 0 Å². The van der Waals surface area contributed by atoms with Gasteiger partial charge >= 0.3 is 0 Å². The van der Waals surface area contributed by atoms with Gasteiger partial charge in [-0.3, -0.25) is 0 Å². The molecule has 8 rings (SSSR count). The summed E-state index contributed by atoms with van der Waals surface area (Å²) in [5.74, 6) is 0.175. The van der Waals surface area contributed by atoms with Crippen LogP contribution in [-0.4, -0.2) is 274 Å². The number of phenolic OH excluding ortho intramolecular Hbond substituents is 1. The van der Waals surface area contributed by atoms with E-state index in [0.29, 0.717) is 19.3 Å². The van der Waals surface area contributed by atoms with Crippen LogP contribution in [-0.2, 0) is 49.1 Å². The first-order chi connectivity index (χ1) is 38.8. The molecule has 5 heterocycles. The van der Waals surface area contributed by atoms with Crippen molar-refractivity contribution in [1.82, 2.24) is 0 Å². The first kappa shape index (κ1) is 66.1. The van der Waals surface area contributed by atoms with E-state index in [-0.39, 0.29) is 38.8 Å². The molecule has 26 heteroatoms. The molecule has 0 unspecified atom stereocenters. The predicted molar refractivity (Wildman–Crippen MR) is 278 cm³/mol. The summed E-state index contributed by atoms with van der Waals surface area (Å²) >= 11 is 0. The minimum atomic E-state index is -1.54. The monoisotopic (exact) mass is 1150 g/mol. The molecule has 17 N–H and O–H groups in total. The van der Waals surface area contributed by atoms with Crippen molar-refractivity contribution in [1.29, 1.82) is 0 Å². The van der Waals surface area contributed by atoms with Crippen molar-refractivity contribution < 1.29 is 129 Å². The van der Waals surface area contributed by atoms with Gasteiger partial charge in [-0.15, -0.1) is 0 Å². The number of aliphatic hydroxyl groups excluding tert-OH is 16. The normalized spacial score (nSPS) is 38.0. The lowest BCUT2D eigenvalue weighted by atomic mass is 9.93. The van der Waals surface area contributed by atoms with Crippen molar-refractivity contribution in [3.05, 3.63) is 114 Å². The Hall–Kier alpha value is -4.06. The average molecular weight is 1160 g/mol. The van der Waals surface area contributed by atoms with E-state index in [1.54, 1.807) is 30.3 Å². The molecule has 0 bridgehead atoms. The molecule has 454 valence electrons. The van der Waals surface area contributed by atoms with E-state index < -0.39 is 154 Å². The second-order valence-electron chi connectivity index (χ2n) is 19.8. The fraction of sp³-hybridized carbons (Fsp3) is 0.600. The van der Waals surface area contributed by atoms with Crippen LogP contribution in [0.4, 0.5) is 0 Å². The van der Waals surface area contributed by atoms with E-state index in [1.165, 1.54) is 0 Å². The predicted octanol–water partition coefficient (Wildman–Crippen LogP) is -4.48. The number of ether oxygens (including phenoxy) is 9. The lowest BCUT2D eigenvalue weighted by Gasteiger charge is -2.41. The van der Waals surface area contributed by atoms with Crippen LogP contribution in [0, 0.1) is 0 Å². The highest BCUT2D eigenvalue weighted by Crippen LogP contribution is 2.29. The molecule has 26 nitrogen and oxygen atoms in total. The maximum atomic E-state index is 10.2. The van der Waals surface area contributed by atoms with E-state index in [9.17, 15) is 76.6 Å². The summed E-state index contributed by atoms with van der Waals surface area (Å²) in [4.78, 5) is 0. The number of rotatable bonds is 20. The topological polar surface area (TPSA) is 427 Å². The van der Waals surface area contributed by atoms with Gasteiger partial charge in [0.1, 0.15) is 116 Å². The van der Waals surface area contributed by atoms with Crippen LogP contribution < -0.4 is 0 Å². The highest BCUT2D eigenvalue weighted by atomic mass is 16.7. The average Bonchev–Trinajstić information content (AvgIpc) is 3.76. The summed E-state index contributed by atoms with van der Waals surface area (Å²) in [5.41, 5.74) is 2.94. The molecule has 0 aromatic heterocycles. The van der Waals surface area contributed by atoms with Crippen molar-refractivity contribution in [3.8, 4) is 5.75 Å². The van der Waals surface area contributed by atoms with Gasteiger partial charge in [0.05, 0.1) is 52.4 Å².